The smallest absolute Gasteiger partial charge is 0.328 e. The van der Waals surface area contributed by atoms with Gasteiger partial charge in [0.2, 0.25) is 0 Å². The van der Waals surface area contributed by atoms with Gasteiger partial charge in [0.1, 0.15) is 11.3 Å². The largest absolute Gasteiger partial charge is 0.480 e. The van der Waals surface area contributed by atoms with Gasteiger partial charge in [-0.2, -0.15) is 0 Å². The highest BCUT2D eigenvalue weighted by molar-refractivity contribution is 5.95. The third-order valence-electron chi connectivity index (χ3n) is 3.63. The first-order valence-corrected chi connectivity index (χ1v) is 7.47. The molecule has 0 fully saturated rings. The molecule has 0 unspecified atom stereocenters. The van der Waals surface area contributed by atoms with Gasteiger partial charge in [0.05, 0.1) is 0 Å². The first-order chi connectivity index (χ1) is 10.7. The quantitative estimate of drug-likeness (QED) is 0.882. The number of carbonyl (C=O) groups is 2. The predicted molar refractivity (Wildman–Crippen MR) is 87.4 cm³/mol. The van der Waals surface area contributed by atoms with Crippen LogP contribution in [0.3, 0.4) is 0 Å². The van der Waals surface area contributed by atoms with Crippen LogP contribution in [0.5, 0.6) is 0 Å². The second-order valence-corrected chi connectivity index (χ2v) is 6.33. The molecule has 2 aromatic rings. The van der Waals surface area contributed by atoms with Crippen molar-refractivity contribution in [2.24, 2.45) is 0 Å². The fraction of sp³-hybridized carbons (Fsp3) is 0.333. The van der Waals surface area contributed by atoms with Crippen molar-refractivity contribution in [3.05, 3.63) is 47.7 Å². The molecule has 5 heteroatoms. The Morgan fingerprint density at radius 3 is 2.48 bits per heavy atom. The first kappa shape index (κ1) is 16.8. The van der Waals surface area contributed by atoms with Gasteiger partial charge in [-0.15, -0.1) is 0 Å². The van der Waals surface area contributed by atoms with E-state index in [1.807, 2.05) is 24.3 Å². The Morgan fingerprint density at radius 1 is 1.17 bits per heavy atom. The fourth-order valence-corrected chi connectivity index (χ4v) is 2.07. The molecule has 0 aliphatic rings. The van der Waals surface area contributed by atoms with Gasteiger partial charge in [-0.05, 0) is 43.5 Å². The SMILES string of the molecule is CC(C)c1cccc(-c2ccc(C(=O)NC(C)(C)C(=O)O)o2)c1. The molecule has 1 heterocycles. The summed E-state index contributed by atoms with van der Waals surface area (Å²) in [5.74, 6) is -0.606. The van der Waals surface area contributed by atoms with Gasteiger partial charge in [-0.1, -0.05) is 32.0 Å². The Morgan fingerprint density at radius 2 is 1.87 bits per heavy atom. The normalized spacial score (nSPS) is 11.5. The van der Waals surface area contributed by atoms with Crippen LogP contribution in [-0.2, 0) is 4.79 Å². The Labute approximate surface area is 135 Å². The van der Waals surface area contributed by atoms with E-state index in [0.29, 0.717) is 11.7 Å². The van der Waals surface area contributed by atoms with E-state index in [1.165, 1.54) is 19.4 Å². The van der Waals surface area contributed by atoms with Gasteiger partial charge in [0.25, 0.3) is 5.91 Å². The van der Waals surface area contributed by atoms with Crippen molar-refractivity contribution in [2.75, 3.05) is 0 Å². The minimum atomic E-state index is -1.36. The zero-order chi connectivity index (χ0) is 17.2. The lowest BCUT2D eigenvalue weighted by molar-refractivity contribution is -0.143. The van der Waals surface area contributed by atoms with E-state index in [0.717, 1.165) is 5.56 Å². The Bertz CT molecular complexity index is 728. The molecule has 5 nitrogen and oxygen atoms in total. The van der Waals surface area contributed by atoms with E-state index in [4.69, 9.17) is 9.52 Å². The molecular weight excluding hydrogens is 294 g/mol. The maximum Gasteiger partial charge on any atom is 0.328 e. The molecule has 0 aliphatic carbocycles. The maximum atomic E-state index is 12.1. The number of carboxylic acid groups (broad SMARTS) is 1. The van der Waals surface area contributed by atoms with Crippen LogP contribution < -0.4 is 5.32 Å². The number of amides is 1. The Hall–Kier alpha value is -2.56. The second-order valence-electron chi connectivity index (χ2n) is 6.33. The molecule has 1 amide bonds. The van der Waals surface area contributed by atoms with E-state index in [2.05, 4.69) is 19.2 Å². The van der Waals surface area contributed by atoms with Crippen molar-refractivity contribution in [3.63, 3.8) is 0 Å². The maximum absolute atomic E-state index is 12.1. The summed E-state index contributed by atoms with van der Waals surface area (Å²) in [5, 5.41) is 11.5. The van der Waals surface area contributed by atoms with E-state index in [1.54, 1.807) is 12.1 Å². The molecule has 0 atom stereocenters. The van der Waals surface area contributed by atoms with Gasteiger partial charge in [0, 0.05) is 5.56 Å². The summed E-state index contributed by atoms with van der Waals surface area (Å²) >= 11 is 0. The van der Waals surface area contributed by atoms with Crippen molar-refractivity contribution >= 4 is 11.9 Å². The molecule has 122 valence electrons. The molecule has 1 aromatic carbocycles. The molecule has 0 aliphatic heterocycles. The number of carbonyl (C=O) groups excluding carboxylic acids is 1. The molecule has 0 saturated heterocycles. The average molecular weight is 315 g/mol. The van der Waals surface area contributed by atoms with Crippen LogP contribution in [-0.4, -0.2) is 22.5 Å². The average Bonchev–Trinajstić information content (AvgIpc) is 2.96. The summed E-state index contributed by atoms with van der Waals surface area (Å²) in [6.07, 6.45) is 0. The second kappa shape index (κ2) is 6.28. The van der Waals surface area contributed by atoms with Gasteiger partial charge < -0.3 is 14.8 Å². The van der Waals surface area contributed by atoms with Crippen molar-refractivity contribution in [2.45, 2.75) is 39.2 Å². The molecule has 1 aromatic heterocycles. The number of hydrogen-bond acceptors (Lipinski definition) is 3. The number of furan rings is 1. The van der Waals surface area contributed by atoms with Crippen LogP contribution in [0.1, 0.15) is 49.7 Å². The lowest BCUT2D eigenvalue weighted by Crippen LogP contribution is -2.49. The highest BCUT2D eigenvalue weighted by atomic mass is 16.4. The molecule has 2 rings (SSSR count). The summed E-state index contributed by atoms with van der Waals surface area (Å²) in [6.45, 7) is 7.05. The van der Waals surface area contributed by atoms with Crippen molar-refractivity contribution < 1.29 is 19.1 Å². The van der Waals surface area contributed by atoms with Gasteiger partial charge >= 0.3 is 5.97 Å². The zero-order valence-corrected chi connectivity index (χ0v) is 13.7. The van der Waals surface area contributed by atoms with Crippen LogP contribution in [0.2, 0.25) is 0 Å². The number of aliphatic carboxylic acids is 1. The van der Waals surface area contributed by atoms with Crippen molar-refractivity contribution in [1.82, 2.24) is 5.32 Å². The molecule has 0 saturated carbocycles. The Kier molecular flexibility index (Phi) is 4.59. The van der Waals surface area contributed by atoms with E-state index in [-0.39, 0.29) is 5.76 Å². The van der Waals surface area contributed by atoms with Crippen LogP contribution in [0.4, 0.5) is 0 Å². The molecule has 0 radical (unpaired) electrons. The van der Waals surface area contributed by atoms with Gasteiger partial charge in [-0.25, -0.2) is 4.79 Å². The Balaban J connectivity index is 2.22. The predicted octanol–water partition coefficient (Wildman–Crippen LogP) is 3.66. The molecule has 23 heavy (non-hydrogen) atoms. The van der Waals surface area contributed by atoms with Crippen LogP contribution >= 0.6 is 0 Å². The lowest BCUT2D eigenvalue weighted by atomic mass is 10.0. The highest BCUT2D eigenvalue weighted by Crippen LogP contribution is 2.26. The van der Waals surface area contributed by atoms with Crippen molar-refractivity contribution in [3.8, 4) is 11.3 Å². The summed E-state index contributed by atoms with van der Waals surface area (Å²) in [7, 11) is 0. The minimum Gasteiger partial charge on any atom is -0.480 e. The minimum absolute atomic E-state index is 0.0873. The zero-order valence-electron chi connectivity index (χ0n) is 13.7. The number of benzene rings is 1. The fourth-order valence-electron chi connectivity index (χ4n) is 2.07. The topological polar surface area (TPSA) is 79.5 Å². The molecule has 0 bridgehead atoms. The summed E-state index contributed by atoms with van der Waals surface area (Å²) in [4.78, 5) is 23.2. The summed E-state index contributed by atoms with van der Waals surface area (Å²) < 4.78 is 5.59. The summed E-state index contributed by atoms with van der Waals surface area (Å²) in [5.41, 5.74) is 0.700. The van der Waals surface area contributed by atoms with E-state index in [9.17, 15) is 9.59 Å². The number of carboxylic acids is 1. The monoisotopic (exact) mass is 315 g/mol. The third kappa shape index (κ3) is 3.80. The van der Waals surface area contributed by atoms with Crippen LogP contribution in [0, 0.1) is 0 Å². The molecule has 2 N–H and O–H groups in total. The van der Waals surface area contributed by atoms with E-state index < -0.39 is 17.4 Å². The number of nitrogens with one attached hydrogen (secondary N) is 1. The molecule has 0 spiro atoms. The standard InChI is InChI=1S/C18H21NO4/c1-11(2)12-6-5-7-13(10-12)14-8-9-15(23-14)16(20)19-18(3,4)17(21)22/h5-11H,1-4H3,(H,19,20)(H,21,22). The van der Waals surface area contributed by atoms with Crippen molar-refractivity contribution in [1.29, 1.82) is 0 Å². The lowest BCUT2D eigenvalue weighted by Gasteiger charge is -2.19. The first-order valence-electron chi connectivity index (χ1n) is 7.47. The number of hydrogen-bond donors (Lipinski definition) is 2. The molecular formula is C18H21NO4. The third-order valence-corrected chi connectivity index (χ3v) is 3.63. The van der Waals surface area contributed by atoms with Crippen LogP contribution in [0.15, 0.2) is 40.8 Å². The number of rotatable bonds is 5. The van der Waals surface area contributed by atoms with Gasteiger partial charge in [0.15, 0.2) is 5.76 Å². The highest BCUT2D eigenvalue weighted by Gasteiger charge is 2.30. The van der Waals surface area contributed by atoms with Crippen LogP contribution in [0.25, 0.3) is 11.3 Å². The summed E-state index contributed by atoms with van der Waals surface area (Å²) in [6, 6.07) is 11.2. The van der Waals surface area contributed by atoms with E-state index >= 15 is 0 Å². The van der Waals surface area contributed by atoms with Gasteiger partial charge in [-0.3, -0.25) is 4.79 Å².